The first kappa shape index (κ1) is 80.3. The van der Waals surface area contributed by atoms with E-state index in [0.717, 1.165) is 85.4 Å². The number of rotatable bonds is 17. The molecule has 4 N–H and O–H groups in total. The van der Waals surface area contributed by atoms with Gasteiger partial charge in [0.15, 0.2) is 0 Å². The first-order valence-electron chi connectivity index (χ1n) is 33.7. The molecule has 6 aromatic carbocycles. The van der Waals surface area contributed by atoms with Crippen LogP contribution >= 0.6 is 15.9 Å². The van der Waals surface area contributed by atoms with E-state index in [1.807, 2.05) is 138 Å². The van der Waals surface area contributed by atoms with Gasteiger partial charge >= 0.3 is 12.2 Å². The second-order valence-corrected chi connectivity index (χ2v) is 27.4. The van der Waals surface area contributed by atoms with Gasteiger partial charge in [-0.2, -0.15) is 0 Å². The maximum absolute atomic E-state index is 12.5. The average Bonchev–Trinajstić information content (AvgIpc) is 1.72. The summed E-state index contributed by atoms with van der Waals surface area (Å²) < 4.78 is 33.8. The van der Waals surface area contributed by atoms with E-state index in [4.69, 9.17) is 35.8 Å². The van der Waals surface area contributed by atoms with Gasteiger partial charge in [0.25, 0.3) is 0 Å². The third-order valence-corrected chi connectivity index (χ3v) is 17.6. The van der Waals surface area contributed by atoms with Crippen LogP contribution in [0.2, 0.25) is 0 Å². The Balaban J connectivity index is 0.000000226. The largest absolute Gasteiger partial charge is 0.497 e. The Kier molecular flexibility index (Phi) is 29.1. The Morgan fingerprint density at radius 1 is 0.510 bits per heavy atom. The normalized spacial score (nSPS) is 11.7. The SMILES string of the molecule is C.C#C[C@H](Cc1ccc(OC)cc1)NC(=O)OC(C)(C)C.COc1ccc(C[C@@H](C#Cc2ccc(-c3ccc4cnccc4c3)n2C)NC(=O)OC(C)(C)C)cc1.COc1ccc(C[C@H](N)CCc2ccc(-c3ccc4cnccc4c3)n2C)cc1.Cn1c(Br)ccc1-c1ccc2cnccc2c1.[2HH].[B]. The molecular formula is C86H96BBrN9O7. The maximum Gasteiger partial charge on any atom is 0.408 e. The van der Waals surface area contributed by atoms with E-state index in [1.54, 1.807) is 48.3 Å². The molecule has 0 saturated carbocycles. The number of carbonyl (C=O) groups is 2. The number of hydrogen-bond acceptors (Lipinski definition) is 11. The molecular weight excluding hydrogens is 1360 g/mol. The van der Waals surface area contributed by atoms with Crippen molar-refractivity contribution in [1.29, 1.82) is 0 Å². The summed E-state index contributed by atoms with van der Waals surface area (Å²) in [6.07, 6.45) is 19.4. The average molecular weight is 1460 g/mol. The van der Waals surface area contributed by atoms with Crippen molar-refractivity contribution in [2.75, 3.05) is 21.3 Å². The highest BCUT2D eigenvalue weighted by atomic mass is 79.9. The Labute approximate surface area is 624 Å². The summed E-state index contributed by atoms with van der Waals surface area (Å²) in [6, 6.07) is 60.8. The van der Waals surface area contributed by atoms with Crippen molar-refractivity contribution in [2.24, 2.45) is 26.9 Å². The number of hydrogen-bond donors (Lipinski definition) is 3. The number of aryl methyl sites for hydroxylation is 1. The fourth-order valence-electron chi connectivity index (χ4n) is 11.4. The van der Waals surface area contributed by atoms with Crippen LogP contribution in [0.1, 0.15) is 84.9 Å². The highest BCUT2D eigenvalue weighted by molar-refractivity contribution is 9.10. The van der Waals surface area contributed by atoms with Crippen LogP contribution in [-0.4, -0.2) is 99.9 Å². The Morgan fingerprint density at radius 2 is 0.894 bits per heavy atom. The minimum Gasteiger partial charge on any atom is -0.497 e. The van der Waals surface area contributed by atoms with E-state index < -0.39 is 35.5 Å². The van der Waals surface area contributed by atoms with Gasteiger partial charge in [0, 0.05) is 126 Å². The summed E-state index contributed by atoms with van der Waals surface area (Å²) in [7, 11) is 11.1. The zero-order valence-electron chi connectivity index (χ0n) is 60.7. The number of alkyl carbamates (subject to hydrolysis) is 2. The minimum atomic E-state index is -0.592. The van der Waals surface area contributed by atoms with Crippen LogP contribution in [0, 0.1) is 24.2 Å². The number of halogens is 1. The van der Waals surface area contributed by atoms with E-state index in [2.05, 4.69) is 190 Å². The molecule has 2 amide bonds. The van der Waals surface area contributed by atoms with Crippen molar-refractivity contribution in [3.05, 3.63) is 252 Å². The predicted molar refractivity (Wildman–Crippen MR) is 429 cm³/mol. The Morgan fingerprint density at radius 3 is 1.30 bits per heavy atom. The van der Waals surface area contributed by atoms with Gasteiger partial charge in [0.1, 0.15) is 28.5 Å². The Bertz CT molecular complexity index is 4890. The third kappa shape index (κ3) is 23.2. The topological polar surface area (TPSA) is 184 Å². The first-order chi connectivity index (χ1) is 48.9. The van der Waals surface area contributed by atoms with E-state index in [0.29, 0.717) is 12.8 Å². The van der Waals surface area contributed by atoms with Gasteiger partial charge < -0.3 is 53.8 Å². The highest BCUT2D eigenvalue weighted by Crippen LogP contribution is 2.30. The maximum atomic E-state index is 12.5. The molecule has 0 bridgehead atoms. The number of benzene rings is 6. The number of methoxy groups -OCH3 is 3. The molecule has 18 heteroatoms. The van der Waals surface area contributed by atoms with Crippen LogP contribution < -0.4 is 30.6 Å². The predicted octanol–water partition coefficient (Wildman–Crippen LogP) is 17.8. The molecule has 16 nitrogen and oxygen atoms in total. The van der Waals surface area contributed by atoms with E-state index >= 15 is 0 Å². The number of nitrogens with one attached hydrogen (secondary N) is 2. The molecule has 6 aromatic heterocycles. The summed E-state index contributed by atoms with van der Waals surface area (Å²) in [4.78, 5) is 36.7. The van der Waals surface area contributed by atoms with E-state index in [9.17, 15) is 9.59 Å². The summed E-state index contributed by atoms with van der Waals surface area (Å²) in [5.41, 5.74) is 17.8. The van der Waals surface area contributed by atoms with Gasteiger partial charge in [-0.15, -0.1) is 6.42 Å². The number of ether oxygens (including phenoxy) is 5. The number of terminal acetylenes is 1. The molecule has 0 aliphatic heterocycles. The fraction of sp³-hybridized carbons (Fsp3) is 0.267. The zero-order chi connectivity index (χ0) is 72.9. The lowest BCUT2D eigenvalue weighted by Gasteiger charge is -2.21. The standard InChI is InChI=1S/C30H31N3O3.C25H27N3O.C16H21NO3.C14H11BrN2.CH4.B.H2/c1-30(2,3)36-29(34)32-25(18-21-6-13-27(35-5)14-7-21)10-11-26-12-15-28(33(26)4)23-8-9-24-20-31-17-16-22(24)19-23;1-28-23(8-7-22(26)15-18-3-10-24(29-2)11-4-18)9-12-25(28)20-5-6-21-17-27-14-13-19(21)16-20;1-6-13(17-15(18)20-16(2,3)4)11-12-7-9-14(19-5)10-8-12;1-17-13(4-5-14(17)15)11-2-3-12-9-16-7-6-10(12)8-11;;;/h6-9,12-17,19-20,25H,18H2,1-5H3,(H,32,34);3-6,9-14,16-17,22H,7-8,15,26H2,1-2H3;1,7-10,13H,11H2,2-5H3,(H,17,18);2-9H,1H3;1H4;;1H/t25-;22-;13-;;;;/m111..../s1/i;;;;;;1+1. The van der Waals surface area contributed by atoms with Gasteiger partial charge in [-0.05, 0) is 241 Å². The molecule has 12 rings (SSSR count). The van der Waals surface area contributed by atoms with Gasteiger partial charge in [0.2, 0.25) is 0 Å². The van der Waals surface area contributed by atoms with Gasteiger partial charge in [-0.25, -0.2) is 9.59 Å². The smallest absolute Gasteiger partial charge is 0.408 e. The lowest BCUT2D eigenvalue weighted by molar-refractivity contribution is 0.0504. The summed E-state index contributed by atoms with van der Waals surface area (Å²) in [6.45, 7) is 10.9. The molecule has 104 heavy (non-hydrogen) atoms. The van der Waals surface area contributed by atoms with E-state index in [-0.39, 0.29) is 23.3 Å². The number of nitrogens with zero attached hydrogens (tertiary/aromatic N) is 6. The monoisotopic (exact) mass is 1460 g/mol. The highest BCUT2D eigenvalue weighted by Gasteiger charge is 2.21. The number of nitrogens with two attached hydrogens (primary N) is 1. The molecule has 537 valence electrons. The zero-order valence-corrected chi connectivity index (χ0v) is 62.3. The second-order valence-electron chi connectivity index (χ2n) is 26.6. The van der Waals surface area contributed by atoms with Crippen LogP contribution in [0.5, 0.6) is 17.2 Å². The quantitative estimate of drug-likeness (QED) is 0.0582. The summed E-state index contributed by atoms with van der Waals surface area (Å²) in [5.74, 6) is 11.5. The molecule has 0 saturated heterocycles. The van der Waals surface area contributed by atoms with Crippen LogP contribution in [-0.2, 0) is 56.3 Å². The number of amides is 2. The molecule has 0 aliphatic carbocycles. The molecule has 0 spiro atoms. The summed E-state index contributed by atoms with van der Waals surface area (Å²) >= 11 is 3.52. The molecule has 12 aromatic rings. The van der Waals surface area contributed by atoms with Crippen molar-refractivity contribution in [3.8, 4) is 75.2 Å². The van der Waals surface area contributed by atoms with Crippen molar-refractivity contribution in [3.63, 3.8) is 0 Å². The number of carbonyl (C=O) groups excluding carboxylic acids is 2. The third-order valence-electron chi connectivity index (χ3n) is 16.8. The van der Waals surface area contributed by atoms with Crippen LogP contribution in [0.3, 0.4) is 0 Å². The van der Waals surface area contributed by atoms with Crippen molar-refractivity contribution >= 4 is 68.8 Å². The first-order valence-corrected chi connectivity index (χ1v) is 34.5. The molecule has 0 unspecified atom stereocenters. The molecule has 6 heterocycles. The second kappa shape index (κ2) is 37.8. The molecule has 3 radical (unpaired) electrons. The Hall–Kier alpha value is -11.0. The van der Waals surface area contributed by atoms with Crippen LogP contribution in [0.4, 0.5) is 9.59 Å². The lowest BCUT2D eigenvalue weighted by Crippen LogP contribution is -2.39. The van der Waals surface area contributed by atoms with Crippen molar-refractivity contribution in [2.45, 2.75) is 110 Å². The van der Waals surface area contributed by atoms with Gasteiger partial charge in [0.05, 0.1) is 43.7 Å². The van der Waals surface area contributed by atoms with Crippen LogP contribution in [0.15, 0.2) is 224 Å². The van der Waals surface area contributed by atoms with Crippen molar-refractivity contribution in [1.82, 2.24) is 39.3 Å². The minimum absolute atomic E-state index is 0. The van der Waals surface area contributed by atoms with Crippen molar-refractivity contribution < 1.29 is 34.7 Å². The molecule has 3 atom stereocenters. The van der Waals surface area contributed by atoms with Crippen LogP contribution in [0.25, 0.3) is 66.1 Å². The lowest BCUT2D eigenvalue weighted by atomic mass is 10.0. The van der Waals surface area contributed by atoms with Gasteiger partial charge in [-0.1, -0.05) is 92.1 Å². The van der Waals surface area contributed by atoms with E-state index in [1.165, 1.54) is 49.9 Å². The molecule has 0 aliphatic rings. The number of pyridine rings is 3. The summed E-state index contributed by atoms with van der Waals surface area (Å²) in [5, 5.41) is 12.6. The van der Waals surface area contributed by atoms with Gasteiger partial charge in [-0.3, -0.25) is 15.0 Å². The molecule has 0 fully saturated rings. The number of aromatic nitrogens is 6. The number of fused-ring (bicyclic) bond motifs is 3. The fourth-order valence-corrected chi connectivity index (χ4v) is 11.7.